The summed E-state index contributed by atoms with van der Waals surface area (Å²) in [6.07, 6.45) is 0.837. The second-order valence-corrected chi connectivity index (χ2v) is 8.65. The third kappa shape index (κ3) is 5.65. The number of hydrogen-bond donors (Lipinski definition) is 0. The lowest BCUT2D eigenvalue weighted by Crippen LogP contribution is -2.64. The van der Waals surface area contributed by atoms with Crippen LogP contribution in [0, 0.1) is 16.7 Å². The number of esters is 4. The molecular weight excluding hydrogens is 456 g/mol. The number of carbonyl (C=O) groups is 5. The maximum absolute atomic E-state index is 13.7. The summed E-state index contributed by atoms with van der Waals surface area (Å²) in [5.41, 5.74) is -3.80. The fourth-order valence-electron chi connectivity index (χ4n) is 4.53. The molecule has 0 aliphatic heterocycles. The molecule has 1 rings (SSSR count). The van der Waals surface area contributed by atoms with E-state index in [1.807, 2.05) is 19.9 Å². The molecule has 9 heteroatoms. The van der Waals surface area contributed by atoms with Crippen molar-refractivity contribution < 1.29 is 42.9 Å². The van der Waals surface area contributed by atoms with Gasteiger partial charge < -0.3 is 18.9 Å². The molecule has 0 saturated carbocycles. The minimum Gasteiger partial charge on any atom is -0.465 e. The van der Waals surface area contributed by atoms with Gasteiger partial charge in [0.05, 0.1) is 26.4 Å². The van der Waals surface area contributed by atoms with Crippen LogP contribution in [0.3, 0.4) is 0 Å². The molecule has 196 valence electrons. The van der Waals surface area contributed by atoms with Gasteiger partial charge in [0.25, 0.3) is 0 Å². The van der Waals surface area contributed by atoms with Crippen LogP contribution >= 0.6 is 0 Å². The van der Waals surface area contributed by atoms with Gasteiger partial charge in [-0.2, -0.15) is 0 Å². The van der Waals surface area contributed by atoms with Crippen molar-refractivity contribution in [2.45, 2.75) is 68.2 Å². The normalized spacial score (nSPS) is 17.0. The predicted octanol–water partition coefficient (Wildman–Crippen LogP) is 3.49. The molecule has 35 heavy (non-hydrogen) atoms. The smallest absolute Gasteiger partial charge is 0.325 e. The molecule has 0 amide bonds. The molecule has 0 heterocycles. The highest BCUT2D eigenvalue weighted by atomic mass is 16.6. The highest BCUT2D eigenvalue weighted by molar-refractivity contribution is 6.16. The van der Waals surface area contributed by atoms with Crippen LogP contribution in [0.4, 0.5) is 0 Å². The van der Waals surface area contributed by atoms with Gasteiger partial charge in [-0.3, -0.25) is 24.0 Å². The summed E-state index contributed by atoms with van der Waals surface area (Å²) in [4.78, 5) is 67.4. The van der Waals surface area contributed by atoms with Crippen LogP contribution in [0.1, 0.15) is 68.2 Å². The summed E-state index contributed by atoms with van der Waals surface area (Å²) in [6.45, 7) is 12.5. The number of hydrogen-bond acceptors (Lipinski definition) is 9. The lowest BCUT2D eigenvalue weighted by Gasteiger charge is -2.46. The molecule has 0 spiro atoms. The van der Waals surface area contributed by atoms with Crippen molar-refractivity contribution in [1.82, 2.24) is 0 Å². The Kier molecular flexibility index (Phi) is 10.9. The zero-order valence-electron chi connectivity index (χ0n) is 22.1. The molecular formula is C26H38O9. The first-order valence-corrected chi connectivity index (χ1v) is 12.0. The molecule has 0 aromatic rings. The molecule has 0 unspecified atom stereocenters. The van der Waals surface area contributed by atoms with E-state index in [2.05, 4.69) is 0 Å². The maximum Gasteiger partial charge on any atom is 0.325 e. The SMILES string of the molecule is CCOC(=O)C1(C(=O)OCC)CC(C(C)=O)=C(/C(C)=C/C(C)C)CC1(C(=O)OCC)C(=O)OCC. The maximum atomic E-state index is 13.7. The molecule has 1 aliphatic rings. The summed E-state index contributed by atoms with van der Waals surface area (Å²) in [7, 11) is 0. The van der Waals surface area contributed by atoms with E-state index in [-0.39, 0.29) is 37.9 Å². The van der Waals surface area contributed by atoms with Gasteiger partial charge in [-0.05, 0) is 53.0 Å². The molecule has 0 aromatic carbocycles. The Bertz CT molecular complexity index is 872. The predicted molar refractivity (Wildman–Crippen MR) is 127 cm³/mol. The van der Waals surface area contributed by atoms with Crippen LogP contribution < -0.4 is 0 Å². The quantitative estimate of drug-likeness (QED) is 0.241. The van der Waals surface area contributed by atoms with Crippen molar-refractivity contribution in [1.29, 1.82) is 0 Å². The van der Waals surface area contributed by atoms with Crippen LogP contribution in [-0.4, -0.2) is 56.1 Å². The Hall–Kier alpha value is -2.97. The second kappa shape index (κ2) is 12.7. The van der Waals surface area contributed by atoms with Crippen molar-refractivity contribution >= 4 is 29.7 Å². The zero-order chi connectivity index (χ0) is 27.0. The molecule has 0 fully saturated rings. The van der Waals surface area contributed by atoms with Gasteiger partial charge >= 0.3 is 23.9 Å². The minimum atomic E-state index is -2.51. The minimum absolute atomic E-state index is 0.0806. The standard InChI is InChI=1S/C26H38O9/c1-9-32-21(28)25(22(29)33-10-2)14-19(17(7)13-16(5)6)20(18(8)27)15-26(25,23(30)34-11-3)24(31)35-12-4/h13,16H,9-12,14-15H2,1-8H3/b17-13+. The monoisotopic (exact) mass is 494 g/mol. The lowest BCUT2D eigenvalue weighted by atomic mass is 9.53. The van der Waals surface area contributed by atoms with Crippen molar-refractivity contribution in [2.75, 3.05) is 26.4 Å². The van der Waals surface area contributed by atoms with E-state index in [4.69, 9.17) is 18.9 Å². The summed E-state index contributed by atoms with van der Waals surface area (Å²) in [6, 6.07) is 0. The molecule has 0 saturated heterocycles. The molecule has 0 bridgehead atoms. The third-order valence-corrected chi connectivity index (χ3v) is 5.96. The Morgan fingerprint density at radius 3 is 1.26 bits per heavy atom. The molecule has 1 aliphatic carbocycles. The largest absolute Gasteiger partial charge is 0.465 e. The first kappa shape index (κ1) is 30.1. The van der Waals surface area contributed by atoms with Crippen LogP contribution in [0.5, 0.6) is 0 Å². The van der Waals surface area contributed by atoms with Crippen molar-refractivity contribution in [3.05, 3.63) is 22.8 Å². The van der Waals surface area contributed by atoms with E-state index in [0.29, 0.717) is 11.1 Å². The van der Waals surface area contributed by atoms with Gasteiger partial charge in [0.1, 0.15) is 0 Å². The Labute approximate surface area is 207 Å². The van der Waals surface area contributed by atoms with E-state index >= 15 is 0 Å². The highest BCUT2D eigenvalue weighted by Crippen LogP contribution is 2.57. The van der Waals surface area contributed by atoms with E-state index in [1.165, 1.54) is 34.6 Å². The Balaban J connectivity index is 4.30. The number of carbonyl (C=O) groups excluding carboxylic acids is 5. The fraction of sp³-hybridized carbons (Fsp3) is 0.654. The van der Waals surface area contributed by atoms with Crippen molar-refractivity contribution in [2.24, 2.45) is 16.7 Å². The number of ketones is 1. The van der Waals surface area contributed by atoms with Gasteiger partial charge in [0.15, 0.2) is 16.6 Å². The van der Waals surface area contributed by atoms with Crippen LogP contribution in [0.2, 0.25) is 0 Å². The number of Topliss-reactive ketones (excluding diaryl/α,β-unsaturated/α-hetero) is 1. The molecule has 0 atom stereocenters. The van der Waals surface area contributed by atoms with Gasteiger partial charge in [-0.1, -0.05) is 25.5 Å². The lowest BCUT2D eigenvalue weighted by molar-refractivity contribution is -0.204. The number of allylic oxidation sites excluding steroid dienone is 4. The highest BCUT2D eigenvalue weighted by Gasteiger charge is 2.75. The summed E-state index contributed by atoms with van der Waals surface area (Å²) < 4.78 is 21.1. The number of rotatable bonds is 11. The van der Waals surface area contributed by atoms with Gasteiger partial charge in [-0.15, -0.1) is 0 Å². The van der Waals surface area contributed by atoms with Gasteiger partial charge in [0.2, 0.25) is 0 Å². The average molecular weight is 495 g/mol. The first-order valence-electron chi connectivity index (χ1n) is 12.0. The van der Waals surface area contributed by atoms with Crippen molar-refractivity contribution in [3.8, 4) is 0 Å². The van der Waals surface area contributed by atoms with E-state index in [1.54, 1.807) is 6.92 Å². The number of ether oxygens (including phenoxy) is 4. The van der Waals surface area contributed by atoms with Crippen molar-refractivity contribution in [3.63, 3.8) is 0 Å². The van der Waals surface area contributed by atoms with E-state index < -0.39 is 53.3 Å². The Morgan fingerprint density at radius 2 is 1.00 bits per heavy atom. The van der Waals surface area contributed by atoms with Crippen LogP contribution in [0.25, 0.3) is 0 Å². The molecule has 0 N–H and O–H groups in total. The summed E-state index contributed by atoms with van der Waals surface area (Å²) >= 11 is 0. The topological polar surface area (TPSA) is 122 Å². The van der Waals surface area contributed by atoms with Gasteiger partial charge in [-0.25, -0.2) is 0 Å². The van der Waals surface area contributed by atoms with Crippen LogP contribution in [-0.2, 0) is 42.9 Å². The van der Waals surface area contributed by atoms with E-state index in [0.717, 1.165) is 0 Å². The molecule has 0 radical (unpaired) electrons. The first-order chi connectivity index (χ1) is 16.4. The van der Waals surface area contributed by atoms with E-state index in [9.17, 15) is 24.0 Å². The molecule has 0 aromatic heterocycles. The van der Waals surface area contributed by atoms with Gasteiger partial charge in [0, 0.05) is 18.4 Å². The third-order valence-electron chi connectivity index (χ3n) is 5.96. The fourth-order valence-corrected chi connectivity index (χ4v) is 4.53. The summed E-state index contributed by atoms with van der Waals surface area (Å²) in [5.74, 6) is -4.85. The Morgan fingerprint density at radius 1 is 0.686 bits per heavy atom. The van der Waals surface area contributed by atoms with Crippen LogP contribution in [0.15, 0.2) is 22.8 Å². The average Bonchev–Trinajstić information content (AvgIpc) is 2.77. The zero-order valence-corrected chi connectivity index (χ0v) is 22.1. The molecule has 9 nitrogen and oxygen atoms in total. The summed E-state index contributed by atoms with van der Waals surface area (Å²) in [5, 5.41) is 0. The second-order valence-electron chi connectivity index (χ2n) is 8.65.